The predicted octanol–water partition coefficient (Wildman–Crippen LogP) is 3.71. The van der Waals surface area contributed by atoms with Crippen molar-refractivity contribution in [3.05, 3.63) is 35.1 Å². The van der Waals surface area contributed by atoms with E-state index in [1.807, 2.05) is 12.1 Å². The van der Waals surface area contributed by atoms with Gasteiger partial charge in [-0.1, -0.05) is 31.4 Å². The van der Waals surface area contributed by atoms with E-state index in [0.717, 1.165) is 5.56 Å². The van der Waals surface area contributed by atoms with Crippen LogP contribution in [0.5, 0.6) is 0 Å². The molecular formula is C14H20FN. The number of hydrogen-bond donors (Lipinski definition) is 1. The van der Waals surface area contributed by atoms with Crippen LogP contribution >= 0.6 is 0 Å². The fraction of sp³-hybridized carbons (Fsp3) is 0.571. The van der Waals surface area contributed by atoms with Crippen molar-refractivity contribution < 1.29 is 4.39 Å². The normalized spacial score (nSPS) is 19.7. The number of aryl methyl sites for hydroxylation is 1. The Morgan fingerprint density at radius 1 is 1.25 bits per heavy atom. The Morgan fingerprint density at radius 2 is 1.94 bits per heavy atom. The van der Waals surface area contributed by atoms with Gasteiger partial charge in [0.25, 0.3) is 0 Å². The molecule has 88 valence electrons. The molecule has 0 heterocycles. The first-order valence-corrected chi connectivity index (χ1v) is 6.20. The molecule has 1 aromatic rings. The Balaban J connectivity index is 2.12. The number of nitrogens with two attached hydrogens (primary N) is 1. The van der Waals surface area contributed by atoms with E-state index in [2.05, 4.69) is 0 Å². The molecule has 0 aromatic heterocycles. The third kappa shape index (κ3) is 2.43. The molecule has 2 N–H and O–H groups in total. The molecule has 1 unspecified atom stereocenters. The Hall–Kier alpha value is -0.890. The highest BCUT2D eigenvalue weighted by Gasteiger charge is 2.22. The molecule has 1 aliphatic carbocycles. The Kier molecular flexibility index (Phi) is 3.59. The summed E-state index contributed by atoms with van der Waals surface area (Å²) in [6.45, 7) is 1.78. The van der Waals surface area contributed by atoms with E-state index in [-0.39, 0.29) is 11.9 Å². The zero-order valence-corrected chi connectivity index (χ0v) is 9.88. The minimum Gasteiger partial charge on any atom is -0.324 e. The van der Waals surface area contributed by atoms with E-state index in [1.54, 1.807) is 13.0 Å². The van der Waals surface area contributed by atoms with Crippen molar-refractivity contribution in [2.45, 2.75) is 45.1 Å². The largest absolute Gasteiger partial charge is 0.324 e. The lowest BCUT2D eigenvalue weighted by Gasteiger charge is -2.27. The molecular weight excluding hydrogens is 201 g/mol. The highest BCUT2D eigenvalue weighted by atomic mass is 19.1. The van der Waals surface area contributed by atoms with Crippen molar-refractivity contribution in [2.75, 3.05) is 0 Å². The van der Waals surface area contributed by atoms with E-state index in [0.29, 0.717) is 11.5 Å². The van der Waals surface area contributed by atoms with Crippen LogP contribution in [0.3, 0.4) is 0 Å². The standard InChI is InChI=1S/C14H20FN/c1-10-7-8-12(9-13(10)15)14(16)11-5-3-2-4-6-11/h7-9,11,14H,2-6,16H2,1H3. The van der Waals surface area contributed by atoms with E-state index < -0.39 is 0 Å². The average molecular weight is 221 g/mol. The van der Waals surface area contributed by atoms with Crippen LogP contribution < -0.4 is 5.73 Å². The van der Waals surface area contributed by atoms with E-state index >= 15 is 0 Å². The summed E-state index contributed by atoms with van der Waals surface area (Å²) >= 11 is 0. The molecule has 2 heteroatoms. The molecule has 0 aliphatic heterocycles. The van der Waals surface area contributed by atoms with Gasteiger partial charge >= 0.3 is 0 Å². The van der Waals surface area contributed by atoms with Crippen molar-refractivity contribution in [2.24, 2.45) is 11.7 Å². The maximum absolute atomic E-state index is 13.5. The fourth-order valence-corrected chi connectivity index (χ4v) is 2.58. The smallest absolute Gasteiger partial charge is 0.126 e. The number of halogens is 1. The molecule has 1 fully saturated rings. The third-order valence-electron chi connectivity index (χ3n) is 3.74. The molecule has 2 rings (SSSR count). The SMILES string of the molecule is Cc1ccc(C(N)C2CCCCC2)cc1F. The maximum atomic E-state index is 13.5. The molecule has 1 saturated carbocycles. The van der Waals surface area contributed by atoms with Gasteiger partial charge in [-0.15, -0.1) is 0 Å². The average Bonchev–Trinajstić information content (AvgIpc) is 2.33. The number of rotatable bonds is 2. The van der Waals surface area contributed by atoms with Crippen LogP contribution in [0.1, 0.15) is 49.3 Å². The quantitative estimate of drug-likeness (QED) is 0.809. The van der Waals surface area contributed by atoms with Gasteiger partial charge in [0.1, 0.15) is 5.82 Å². The van der Waals surface area contributed by atoms with Gasteiger partial charge in [0.2, 0.25) is 0 Å². The number of hydrogen-bond acceptors (Lipinski definition) is 1. The second-order valence-corrected chi connectivity index (χ2v) is 4.93. The topological polar surface area (TPSA) is 26.0 Å². The van der Waals surface area contributed by atoms with Crippen molar-refractivity contribution in [1.29, 1.82) is 0 Å². The highest BCUT2D eigenvalue weighted by molar-refractivity contribution is 5.26. The van der Waals surface area contributed by atoms with Crippen LogP contribution in [-0.4, -0.2) is 0 Å². The van der Waals surface area contributed by atoms with Crippen LogP contribution in [0.15, 0.2) is 18.2 Å². The minimum absolute atomic E-state index is 0.00963. The highest BCUT2D eigenvalue weighted by Crippen LogP contribution is 2.33. The van der Waals surface area contributed by atoms with Gasteiger partial charge in [-0.25, -0.2) is 4.39 Å². The van der Waals surface area contributed by atoms with E-state index in [1.165, 1.54) is 32.1 Å². The van der Waals surface area contributed by atoms with Gasteiger partial charge in [0.15, 0.2) is 0 Å². The minimum atomic E-state index is -0.135. The molecule has 1 atom stereocenters. The summed E-state index contributed by atoms with van der Waals surface area (Å²) in [5, 5.41) is 0. The molecule has 0 amide bonds. The third-order valence-corrected chi connectivity index (χ3v) is 3.74. The van der Waals surface area contributed by atoms with Gasteiger partial charge < -0.3 is 5.73 Å². The second-order valence-electron chi connectivity index (χ2n) is 4.93. The Labute approximate surface area is 96.9 Å². The lowest BCUT2D eigenvalue weighted by molar-refractivity contribution is 0.308. The second kappa shape index (κ2) is 4.96. The first-order chi connectivity index (χ1) is 7.68. The first-order valence-electron chi connectivity index (χ1n) is 6.20. The molecule has 1 aliphatic rings. The molecule has 16 heavy (non-hydrogen) atoms. The van der Waals surface area contributed by atoms with Crippen LogP contribution in [0, 0.1) is 18.7 Å². The van der Waals surface area contributed by atoms with Gasteiger partial charge in [0, 0.05) is 6.04 Å². The molecule has 1 nitrogen and oxygen atoms in total. The monoisotopic (exact) mass is 221 g/mol. The summed E-state index contributed by atoms with van der Waals surface area (Å²) in [7, 11) is 0. The number of benzene rings is 1. The van der Waals surface area contributed by atoms with Gasteiger partial charge in [-0.3, -0.25) is 0 Å². The lowest BCUT2D eigenvalue weighted by atomic mass is 9.81. The summed E-state index contributed by atoms with van der Waals surface area (Å²) in [6, 6.07) is 5.41. The molecule has 0 saturated heterocycles. The van der Waals surface area contributed by atoms with Crippen molar-refractivity contribution in [3.63, 3.8) is 0 Å². The van der Waals surface area contributed by atoms with E-state index in [4.69, 9.17) is 5.73 Å². The summed E-state index contributed by atoms with van der Waals surface area (Å²) in [6.07, 6.45) is 6.25. The molecule has 0 bridgehead atoms. The van der Waals surface area contributed by atoms with Gasteiger partial charge in [0.05, 0.1) is 0 Å². The van der Waals surface area contributed by atoms with Gasteiger partial charge in [-0.05, 0) is 42.9 Å². The maximum Gasteiger partial charge on any atom is 0.126 e. The van der Waals surface area contributed by atoms with Crippen LogP contribution in [-0.2, 0) is 0 Å². The molecule has 1 aromatic carbocycles. The zero-order chi connectivity index (χ0) is 11.5. The van der Waals surface area contributed by atoms with E-state index in [9.17, 15) is 4.39 Å². The molecule has 0 spiro atoms. The van der Waals surface area contributed by atoms with Crippen molar-refractivity contribution in [1.82, 2.24) is 0 Å². The van der Waals surface area contributed by atoms with Crippen LogP contribution in [0.4, 0.5) is 4.39 Å². The first kappa shape index (κ1) is 11.6. The Morgan fingerprint density at radius 3 is 2.56 bits per heavy atom. The zero-order valence-electron chi connectivity index (χ0n) is 9.88. The van der Waals surface area contributed by atoms with Gasteiger partial charge in [-0.2, -0.15) is 0 Å². The summed E-state index contributed by atoms with van der Waals surface area (Å²) < 4.78 is 13.5. The Bertz CT molecular complexity index is 356. The van der Waals surface area contributed by atoms with Crippen molar-refractivity contribution >= 4 is 0 Å². The van der Waals surface area contributed by atoms with Crippen molar-refractivity contribution in [3.8, 4) is 0 Å². The lowest BCUT2D eigenvalue weighted by Crippen LogP contribution is -2.23. The summed E-state index contributed by atoms with van der Waals surface area (Å²) in [5.74, 6) is 0.402. The van der Waals surface area contributed by atoms with Crippen LogP contribution in [0.25, 0.3) is 0 Å². The predicted molar refractivity (Wildman–Crippen MR) is 64.6 cm³/mol. The summed E-state index contributed by atoms with van der Waals surface area (Å²) in [4.78, 5) is 0. The fourth-order valence-electron chi connectivity index (χ4n) is 2.58. The summed E-state index contributed by atoms with van der Waals surface area (Å²) in [5.41, 5.74) is 7.87. The van der Waals surface area contributed by atoms with Crippen LogP contribution in [0.2, 0.25) is 0 Å². The molecule has 0 radical (unpaired) electrons.